The molecule has 2 aliphatic rings. The van der Waals surface area contributed by atoms with E-state index in [1.807, 2.05) is 0 Å². The first-order chi connectivity index (χ1) is 9.09. The molecule has 0 amide bonds. The van der Waals surface area contributed by atoms with E-state index in [9.17, 15) is 8.42 Å². The molecule has 1 fully saturated rings. The molecule has 0 unspecified atom stereocenters. The normalized spacial score (nSPS) is 23.5. The molecule has 0 bridgehead atoms. The summed E-state index contributed by atoms with van der Waals surface area (Å²) in [7, 11) is -3.56. The van der Waals surface area contributed by atoms with Crippen LogP contribution in [0.5, 0.6) is 11.5 Å². The van der Waals surface area contributed by atoms with E-state index in [0.29, 0.717) is 44.2 Å². The van der Waals surface area contributed by atoms with Crippen LogP contribution in [0.4, 0.5) is 0 Å². The van der Waals surface area contributed by atoms with Crippen LogP contribution in [0.15, 0.2) is 23.1 Å². The van der Waals surface area contributed by atoms with Gasteiger partial charge in [0, 0.05) is 19.1 Å². The molecule has 1 saturated heterocycles. The van der Waals surface area contributed by atoms with Gasteiger partial charge < -0.3 is 15.2 Å². The molecule has 6 nitrogen and oxygen atoms in total. The summed E-state index contributed by atoms with van der Waals surface area (Å²) in [5, 5.41) is 0. The van der Waals surface area contributed by atoms with Crippen molar-refractivity contribution in [2.75, 3.05) is 26.3 Å². The van der Waals surface area contributed by atoms with E-state index >= 15 is 0 Å². The van der Waals surface area contributed by atoms with Gasteiger partial charge in [-0.1, -0.05) is 6.07 Å². The Morgan fingerprint density at radius 3 is 2.79 bits per heavy atom. The van der Waals surface area contributed by atoms with Crippen LogP contribution < -0.4 is 15.2 Å². The molecule has 19 heavy (non-hydrogen) atoms. The Morgan fingerprint density at radius 2 is 2.05 bits per heavy atom. The molecule has 0 radical (unpaired) electrons. The number of hydrogen-bond acceptors (Lipinski definition) is 5. The summed E-state index contributed by atoms with van der Waals surface area (Å²) in [6, 6.07) is 4.83. The van der Waals surface area contributed by atoms with Gasteiger partial charge in [-0.15, -0.1) is 0 Å². The fraction of sp³-hybridized carbons (Fsp3) is 0.500. The Kier molecular flexibility index (Phi) is 3.12. The molecule has 2 heterocycles. The van der Waals surface area contributed by atoms with Crippen LogP contribution in [0.25, 0.3) is 0 Å². The molecule has 1 atom stereocenters. The number of benzene rings is 1. The van der Waals surface area contributed by atoms with Crippen molar-refractivity contribution in [1.29, 1.82) is 0 Å². The lowest BCUT2D eigenvalue weighted by molar-refractivity contribution is 0.166. The third-order valence-electron chi connectivity index (χ3n) is 3.34. The molecule has 1 aromatic rings. The van der Waals surface area contributed by atoms with Crippen LogP contribution >= 0.6 is 0 Å². The first-order valence-electron chi connectivity index (χ1n) is 6.23. The third kappa shape index (κ3) is 2.18. The van der Waals surface area contributed by atoms with E-state index in [2.05, 4.69) is 0 Å². The van der Waals surface area contributed by atoms with Gasteiger partial charge in [-0.05, 0) is 18.6 Å². The second-order valence-electron chi connectivity index (χ2n) is 4.69. The zero-order valence-electron chi connectivity index (χ0n) is 10.4. The number of rotatable bonds is 2. The van der Waals surface area contributed by atoms with Gasteiger partial charge in [0.1, 0.15) is 18.1 Å². The SMILES string of the molecule is N[C@@H]1CCN(S(=O)(=O)c2cccc3c2OCCO3)C1. The molecule has 2 N–H and O–H groups in total. The van der Waals surface area contributed by atoms with Crippen molar-refractivity contribution in [3.05, 3.63) is 18.2 Å². The molecule has 2 aliphatic heterocycles. The summed E-state index contributed by atoms with van der Waals surface area (Å²) in [5.41, 5.74) is 5.78. The number of para-hydroxylation sites is 1. The quantitative estimate of drug-likeness (QED) is 0.837. The molecule has 1 aromatic carbocycles. The van der Waals surface area contributed by atoms with E-state index in [-0.39, 0.29) is 10.9 Å². The van der Waals surface area contributed by atoms with Crippen molar-refractivity contribution in [3.8, 4) is 11.5 Å². The maximum atomic E-state index is 12.6. The first-order valence-corrected chi connectivity index (χ1v) is 7.67. The summed E-state index contributed by atoms with van der Waals surface area (Å²) in [6.07, 6.45) is 0.686. The Hall–Kier alpha value is -1.31. The van der Waals surface area contributed by atoms with Gasteiger partial charge in [-0.25, -0.2) is 8.42 Å². The van der Waals surface area contributed by atoms with Gasteiger partial charge in [0.05, 0.1) is 0 Å². The predicted octanol–water partition coefficient (Wildman–Crippen LogP) is 0.179. The van der Waals surface area contributed by atoms with Crippen LogP contribution in [0.2, 0.25) is 0 Å². The monoisotopic (exact) mass is 284 g/mol. The molecule has 0 aromatic heterocycles. The first kappa shape index (κ1) is 12.7. The topological polar surface area (TPSA) is 81.9 Å². The van der Waals surface area contributed by atoms with Crippen LogP contribution in [-0.2, 0) is 10.0 Å². The lowest BCUT2D eigenvalue weighted by atomic mass is 10.3. The second-order valence-corrected chi connectivity index (χ2v) is 6.60. The molecular weight excluding hydrogens is 268 g/mol. The van der Waals surface area contributed by atoms with Crippen LogP contribution in [0.1, 0.15) is 6.42 Å². The molecule has 0 spiro atoms. The summed E-state index contributed by atoms with van der Waals surface area (Å²) in [6.45, 7) is 1.60. The molecule has 104 valence electrons. The molecular formula is C12H16N2O4S. The summed E-state index contributed by atoms with van der Waals surface area (Å²) in [5.74, 6) is 0.796. The van der Waals surface area contributed by atoms with Gasteiger partial charge in [0.25, 0.3) is 0 Å². The summed E-state index contributed by atoms with van der Waals surface area (Å²) < 4.78 is 37.5. The fourth-order valence-corrected chi connectivity index (χ4v) is 4.02. The maximum Gasteiger partial charge on any atom is 0.246 e. The highest BCUT2D eigenvalue weighted by Crippen LogP contribution is 2.38. The van der Waals surface area contributed by atoms with Crippen molar-refractivity contribution in [1.82, 2.24) is 4.31 Å². The Balaban J connectivity index is 2.02. The zero-order valence-corrected chi connectivity index (χ0v) is 11.2. The number of ether oxygens (including phenoxy) is 2. The van der Waals surface area contributed by atoms with Gasteiger partial charge in [0.2, 0.25) is 10.0 Å². The number of nitrogens with two attached hydrogens (primary N) is 1. The number of sulfonamides is 1. The maximum absolute atomic E-state index is 12.6. The summed E-state index contributed by atoms with van der Waals surface area (Å²) in [4.78, 5) is 0.166. The van der Waals surface area contributed by atoms with Gasteiger partial charge >= 0.3 is 0 Å². The van der Waals surface area contributed by atoms with Crippen molar-refractivity contribution in [3.63, 3.8) is 0 Å². The van der Waals surface area contributed by atoms with E-state index in [1.54, 1.807) is 18.2 Å². The van der Waals surface area contributed by atoms with Gasteiger partial charge in [0.15, 0.2) is 11.5 Å². The smallest absolute Gasteiger partial charge is 0.246 e. The fourth-order valence-electron chi connectivity index (χ4n) is 2.36. The Labute approximate surface area is 112 Å². The summed E-state index contributed by atoms with van der Waals surface area (Å²) >= 11 is 0. The molecule has 7 heteroatoms. The molecule has 0 aliphatic carbocycles. The van der Waals surface area contributed by atoms with Crippen LogP contribution in [-0.4, -0.2) is 45.1 Å². The largest absolute Gasteiger partial charge is 0.486 e. The van der Waals surface area contributed by atoms with Gasteiger partial charge in [-0.2, -0.15) is 4.31 Å². The average molecular weight is 284 g/mol. The highest BCUT2D eigenvalue weighted by molar-refractivity contribution is 7.89. The second kappa shape index (κ2) is 4.66. The number of hydrogen-bond donors (Lipinski definition) is 1. The molecule has 3 rings (SSSR count). The minimum atomic E-state index is -3.56. The van der Waals surface area contributed by atoms with Crippen molar-refractivity contribution in [2.24, 2.45) is 5.73 Å². The third-order valence-corrected chi connectivity index (χ3v) is 5.22. The van der Waals surface area contributed by atoms with E-state index in [0.717, 1.165) is 0 Å². The van der Waals surface area contributed by atoms with Crippen molar-refractivity contribution < 1.29 is 17.9 Å². The highest BCUT2D eigenvalue weighted by atomic mass is 32.2. The predicted molar refractivity (Wildman–Crippen MR) is 68.8 cm³/mol. The van der Waals surface area contributed by atoms with E-state index < -0.39 is 10.0 Å². The lowest BCUT2D eigenvalue weighted by Gasteiger charge is -2.23. The minimum absolute atomic E-state index is 0.0912. The van der Waals surface area contributed by atoms with Crippen LogP contribution in [0, 0.1) is 0 Å². The van der Waals surface area contributed by atoms with E-state index in [1.165, 1.54) is 4.31 Å². The zero-order chi connectivity index (χ0) is 13.5. The lowest BCUT2D eigenvalue weighted by Crippen LogP contribution is -2.32. The van der Waals surface area contributed by atoms with Crippen molar-refractivity contribution >= 4 is 10.0 Å². The Bertz CT molecular complexity index is 587. The van der Waals surface area contributed by atoms with Gasteiger partial charge in [-0.3, -0.25) is 0 Å². The van der Waals surface area contributed by atoms with Crippen molar-refractivity contribution in [2.45, 2.75) is 17.4 Å². The average Bonchev–Trinajstić information content (AvgIpc) is 2.85. The van der Waals surface area contributed by atoms with E-state index in [4.69, 9.17) is 15.2 Å². The highest BCUT2D eigenvalue weighted by Gasteiger charge is 2.34. The number of nitrogens with zero attached hydrogens (tertiary/aromatic N) is 1. The standard InChI is InChI=1S/C12H16N2O4S/c13-9-4-5-14(8-9)19(15,16)11-3-1-2-10-12(11)18-7-6-17-10/h1-3,9H,4-8,13H2/t9-/m1/s1. The van der Waals surface area contributed by atoms with Crippen LogP contribution in [0.3, 0.4) is 0 Å². The Morgan fingerprint density at radius 1 is 1.26 bits per heavy atom. The molecule has 0 saturated carbocycles. The number of fused-ring (bicyclic) bond motifs is 1. The minimum Gasteiger partial charge on any atom is -0.486 e.